The molecule has 1 fully saturated rings. The molecule has 2 aliphatic heterocycles. The molecule has 2 aromatic carbocycles. The first-order chi connectivity index (χ1) is 14.7. The Morgan fingerprint density at radius 1 is 1.07 bits per heavy atom. The van der Waals surface area contributed by atoms with Crippen LogP contribution in [0.5, 0.6) is 5.75 Å². The van der Waals surface area contributed by atoms with Crippen molar-refractivity contribution in [3.63, 3.8) is 0 Å². The molecule has 0 radical (unpaired) electrons. The van der Waals surface area contributed by atoms with Crippen LogP contribution in [0.3, 0.4) is 0 Å². The summed E-state index contributed by atoms with van der Waals surface area (Å²) in [6.07, 6.45) is 2.13. The minimum Gasteiger partial charge on any atom is -0.493 e. The lowest BCUT2D eigenvalue weighted by atomic mass is 10.0. The van der Waals surface area contributed by atoms with Crippen molar-refractivity contribution in [2.45, 2.75) is 32.0 Å². The molecule has 1 saturated heterocycles. The van der Waals surface area contributed by atoms with Crippen molar-refractivity contribution in [3.8, 4) is 5.75 Å². The van der Waals surface area contributed by atoms with E-state index in [1.807, 2.05) is 18.2 Å². The summed E-state index contributed by atoms with van der Waals surface area (Å²) >= 11 is 0. The van der Waals surface area contributed by atoms with Gasteiger partial charge in [0, 0.05) is 31.6 Å². The average Bonchev–Trinajstić information content (AvgIpc) is 2.97. The normalized spacial score (nSPS) is 20.8. The molecule has 6 nitrogen and oxygen atoms in total. The number of benzene rings is 2. The Balaban J connectivity index is 1.30. The van der Waals surface area contributed by atoms with Crippen molar-refractivity contribution < 1.29 is 4.74 Å². The number of nitrogens with one attached hydrogen (secondary N) is 1. The zero-order valence-corrected chi connectivity index (χ0v) is 17.9. The van der Waals surface area contributed by atoms with Crippen LogP contribution in [0.25, 0.3) is 0 Å². The second kappa shape index (κ2) is 9.96. The van der Waals surface area contributed by atoms with Crippen LogP contribution in [0.15, 0.2) is 53.5 Å². The molecule has 4 rings (SSSR count). The number of guanidine groups is 1. The summed E-state index contributed by atoms with van der Waals surface area (Å²) in [6.45, 7) is 6.95. The van der Waals surface area contributed by atoms with Crippen LogP contribution in [0.1, 0.15) is 35.6 Å². The van der Waals surface area contributed by atoms with Gasteiger partial charge in [0.15, 0.2) is 5.96 Å². The fourth-order valence-electron chi connectivity index (χ4n) is 4.16. The Hall–Kier alpha value is -2.57. The summed E-state index contributed by atoms with van der Waals surface area (Å²) in [5.41, 5.74) is 9.85. The molecular weight excluding hydrogens is 374 g/mol. The maximum atomic E-state index is 6.18. The number of aliphatic imine (C=N–C) groups is 1. The van der Waals surface area contributed by atoms with E-state index in [9.17, 15) is 0 Å². The second-order valence-corrected chi connectivity index (χ2v) is 8.32. The number of hydrogen-bond donors (Lipinski definition) is 2. The van der Waals surface area contributed by atoms with E-state index in [1.54, 1.807) is 0 Å². The topological polar surface area (TPSA) is 66.1 Å². The summed E-state index contributed by atoms with van der Waals surface area (Å²) in [5.74, 6) is 1.41. The van der Waals surface area contributed by atoms with E-state index in [2.05, 4.69) is 57.5 Å². The van der Waals surface area contributed by atoms with Crippen molar-refractivity contribution in [3.05, 3.63) is 65.2 Å². The lowest BCUT2D eigenvalue weighted by molar-refractivity contribution is 0.262. The highest BCUT2D eigenvalue weighted by Crippen LogP contribution is 2.31. The predicted octanol–water partition coefficient (Wildman–Crippen LogP) is 2.75. The maximum absolute atomic E-state index is 6.18. The van der Waals surface area contributed by atoms with Crippen LogP contribution in [0.2, 0.25) is 0 Å². The molecule has 0 aromatic heterocycles. The summed E-state index contributed by atoms with van der Waals surface area (Å²) in [4.78, 5) is 9.52. The summed E-state index contributed by atoms with van der Waals surface area (Å²) in [5, 5.41) is 3.36. The van der Waals surface area contributed by atoms with Crippen molar-refractivity contribution in [2.75, 3.05) is 39.8 Å². The van der Waals surface area contributed by atoms with Gasteiger partial charge in [-0.1, -0.05) is 42.5 Å². The Bertz CT molecular complexity index is 851. The van der Waals surface area contributed by atoms with Gasteiger partial charge >= 0.3 is 0 Å². The van der Waals surface area contributed by atoms with Crippen molar-refractivity contribution in [1.82, 2.24) is 15.1 Å². The molecule has 30 heavy (non-hydrogen) atoms. The van der Waals surface area contributed by atoms with Crippen LogP contribution in [-0.4, -0.2) is 55.6 Å². The Kier molecular flexibility index (Phi) is 6.87. The largest absolute Gasteiger partial charge is 0.493 e. The molecule has 0 saturated carbocycles. The van der Waals surface area contributed by atoms with Gasteiger partial charge in [-0.25, -0.2) is 4.99 Å². The molecule has 1 unspecified atom stereocenters. The van der Waals surface area contributed by atoms with Gasteiger partial charge in [-0.2, -0.15) is 0 Å². The summed E-state index contributed by atoms with van der Waals surface area (Å²) < 4.78 is 5.72. The number of nitrogens with two attached hydrogens (primary N) is 1. The molecule has 0 spiro atoms. The lowest BCUT2D eigenvalue weighted by Crippen LogP contribution is -2.37. The first-order valence-electron chi connectivity index (χ1n) is 10.9. The first-order valence-corrected chi connectivity index (χ1v) is 10.9. The van der Waals surface area contributed by atoms with Crippen LogP contribution < -0.4 is 15.8 Å². The SMILES string of the molecule is CN1CCCN(Cc2ccc(CN=C(N)NC3CCOc4ccccc43)cc2)CC1. The van der Waals surface area contributed by atoms with E-state index in [0.717, 1.165) is 37.4 Å². The van der Waals surface area contributed by atoms with Gasteiger partial charge in [0.1, 0.15) is 5.75 Å². The van der Waals surface area contributed by atoms with E-state index in [0.29, 0.717) is 19.1 Å². The van der Waals surface area contributed by atoms with Crippen LogP contribution >= 0.6 is 0 Å². The van der Waals surface area contributed by atoms with E-state index < -0.39 is 0 Å². The smallest absolute Gasteiger partial charge is 0.189 e. The molecule has 1 atom stereocenters. The zero-order valence-electron chi connectivity index (χ0n) is 17.9. The number of ether oxygens (including phenoxy) is 1. The van der Waals surface area contributed by atoms with Crippen LogP contribution in [-0.2, 0) is 13.1 Å². The van der Waals surface area contributed by atoms with Gasteiger partial charge in [0.2, 0.25) is 0 Å². The minimum atomic E-state index is 0.147. The molecule has 6 heteroatoms. The highest BCUT2D eigenvalue weighted by Gasteiger charge is 2.21. The zero-order chi connectivity index (χ0) is 20.8. The fourth-order valence-corrected chi connectivity index (χ4v) is 4.16. The quantitative estimate of drug-likeness (QED) is 0.589. The van der Waals surface area contributed by atoms with Crippen LogP contribution in [0.4, 0.5) is 0 Å². The molecule has 0 amide bonds. The molecule has 160 valence electrons. The minimum absolute atomic E-state index is 0.147. The molecule has 0 bridgehead atoms. The standard InChI is InChI=1S/C24H33N5O/c1-28-12-4-13-29(15-14-28)18-20-9-7-19(8-10-20)17-26-24(25)27-22-11-16-30-23-6-3-2-5-21(22)23/h2-3,5-10,22H,4,11-18H2,1H3,(H3,25,26,27). The average molecular weight is 408 g/mol. The third-order valence-corrected chi connectivity index (χ3v) is 5.95. The molecule has 2 aromatic rings. The summed E-state index contributed by atoms with van der Waals surface area (Å²) in [7, 11) is 2.21. The van der Waals surface area contributed by atoms with Crippen molar-refractivity contribution in [1.29, 1.82) is 0 Å². The molecule has 0 aliphatic carbocycles. The lowest BCUT2D eigenvalue weighted by Gasteiger charge is -2.26. The molecule has 3 N–H and O–H groups in total. The van der Waals surface area contributed by atoms with Crippen LogP contribution in [0, 0.1) is 0 Å². The van der Waals surface area contributed by atoms with Gasteiger partial charge in [0.05, 0.1) is 19.2 Å². The van der Waals surface area contributed by atoms with Gasteiger partial charge in [-0.3, -0.25) is 4.90 Å². The molecule has 2 heterocycles. The van der Waals surface area contributed by atoms with E-state index in [-0.39, 0.29) is 6.04 Å². The first kappa shape index (κ1) is 20.7. The number of nitrogens with zero attached hydrogens (tertiary/aromatic N) is 3. The van der Waals surface area contributed by atoms with Gasteiger partial charge in [0.25, 0.3) is 0 Å². The Morgan fingerprint density at radius 3 is 2.73 bits per heavy atom. The number of likely N-dealkylation sites (N-methyl/N-ethyl adjacent to an activating group) is 1. The number of rotatable bonds is 5. The van der Waals surface area contributed by atoms with Gasteiger partial charge in [-0.15, -0.1) is 0 Å². The fraction of sp³-hybridized carbons (Fsp3) is 0.458. The molecule has 2 aliphatic rings. The highest BCUT2D eigenvalue weighted by molar-refractivity contribution is 5.78. The maximum Gasteiger partial charge on any atom is 0.189 e. The third-order valence-electron chi connectivity index (χ3n) is 5.95. The Labute approximate surface area is 179 Å². The number of hydrogen-bond acceptors (Lipinski definition) is 4. The summed E-state index contributed by atoms with van der Waals surface area (Å²) in [6, 6.07) is 17.0. The third kappa shape index (κ3) is 5.52. The van der Waals surface area contributed by atoms with Crippen molar-refractivity contribution in [2.24, 2.45) is 10.7 Å². The van der Waals surface area contributed by atoms with Gasteiger partial charge in [-0.05, 0) is 43.8 Å². The van der Waals surface area contributed by atoms with Crippen molar-refractivity contribution >= 4 is 5.96 Å². The molecular formula is C24H33N5O. The van der Waals surface area contributed by atoms with E-state index >= 15 is 0 Å². The number of fused-ring (bicyclic) bond motifs is 1. The predicted molar refractivity (Wildman–Crippen MR) is 122 cm³/mol. The highest BCUT2D eigenvalue weighted by atomic mass is 16.5. The Morgan fingerprint density at radius 2 is 1.87 bits per heavy atom. The van der Waals surface area contributed by atoms with E-state index in [1.165, 1.54) is 30.6 Å². The van der Waals surface area contributed by atoms with E-state index in [4.69, 9.17) is 10.5 Å². The monoisotopic (exact) mass is 407 g/mol. The number of para-hydroxylation sites is 1. The van der Waals surface area contributed by atoms with Gasteiger partial charge < -0.3 is 20.7 Å². The second-order valence-electron chi connectivity index (χ2n) is 8.32.